The Balaban J connectivity index is 2.82. The fraction of sp³-hybridized carbons (Fsp3) is 0.833. The van der Waals surface area contributed by atoms with E-state index in [4.69, 9.17) is 0 Å². The largest absolute Gasteiger partial charge is 0.123 e. The summed E-state index contributed by atoms with van der Waals surface area (Å²) in [4.78, 5) is 0. The molecule has 0 N–H and O–H groups in total. The Bertz CT molecular complexity index is 57.2. The molecule has 0 aromatic heterocycles. The van der Waals surface area contributed by atoms with Gasteiger partial charge in [0.2, 0.25) is 0 Å². The molecule has 0 rings (SSSR count). The zero-order chi connectivity index (χ0) is 5.70. The van der Waals surface area contributed by atoms with Gasteiger partial charge in [-0.2, -0.15) is 0 Å². The fourth-order valence-electron chi connectivity index (χ4n) is 0.442. The van der Waals surface area contributed by atoms with Gasteiger partial charge in [-0.1, -0.05) is 18.6 Å². The van der Waals surface area contributed by atoms with Gasteiger partial charge in [0, 0.05) is 0 Å². The highest BCUT2D eigenvalue weighted by molar-refractivity contribution is 7.20. The Hall–Kier alpha value is 0.170. The van der Waals surface area contributed by atoms with Crippen molar-refractivity contribution in [1.29, 1.82) is 0 Å². The summed E-state index contributed by atoms with van der Waals surface area (Å²) >= 11 is 0. The van der Waals surface area contributed by atoms with Crippen LogP contribution in [0.4, 0.5) is 0 Å². The van der Waals surface area contributed by atoms with Crippen LogP contribution in [0.5, 0.6) is 0 Å². The number of rotatable bonds is 3. The maximum atomic E-state index is 3.44. The van der Waals surface area contributed by atoms with Crippen molar-refractivity contribution in [2.75, 3.05) is 0 Å². The number of hydrogen-bond acceptors (Lipinski definition) is 0. The van der Waals surface area contributed by atoms with Gasteiger partial charge in [-0.05, 0) is 19.8 Å². The third-order valence-electron chi connectivity index (χ3n) is 0.905. The van der Waals surface area contributed by atoms with E-state index in [0.29, 0.717) is 0 Å². The number of unbranched alkanes of at least 4 members (excludes halogenated alkanes) is 1. The summed E-state index contributed by atoms with van der Waals surface area (Å²) in [6, 6.07) is 0. The quantitative estimate of drug-likeness (QED) is 0.497. The van der Waals surface area contributed by atoms with Crippen LogP contribution in [0, 0.1) is 0 Å². The van der Waals surface area contributed by atoms with Gasteiger partial charge >= 0.3 is 0 Å². The summed E-state index contributed by atoms with van der Waals surface area (Å²) in [5.74, 6) is 0. The molecule has 0 aliphatic heterocycles. The number of hydrogen-bond donors (Lipinski definition) is 0. The minimum absolute atomic E-state index is 1.23. The van der Waals surface area contributed by atoms with Crippen molar-refractivity contribution >= 4 is 14.2 Å². The molecule has 0 saturated carbocycles. The van der Waals surface area contributed by atoms with Crippen LogP contribution in [0.25, 0.3) is 0 Å². The lowest BCUT2D eigenvalue weighted by molar-refractivity contribution is 0.839. The first kappa shape index (κ1) is 7.17. The molecule has 0 aromatic carbocycles. The Kier molecular flexibility index (Phi) is 4.44. The molecule has 7 heavy (non-hydrogen) atoms. The van der Waals surface area contributed by atoms with Crippen LogP contribution in [-0.2, 0) is 0 Å². The van der Waals surface area contributed by atoms with Crippen molar-refractivity contribution in [2.45, 2.75) is 33.1 Å². The van der Waals surface area contributed by atoms with E-state index < -0.39 is 0 Å². The Morgan fingerprint density at radius 3 is 2.29 bits per heavy atom. The minimum atomic E-state index is 1.23. The molecular weight excluding hydrogens is 103 g/mol. The van der Waals surface area contributed by atoms with Crippen LogP contribution in [0.3, 0.4) is 0 Å². The van der Waals surface area contributed by atoms with Crippen molar-refractivity contribution in [3.05, 3.63) is 0 Å². The highest BCUT2D eigenvalue weighted by Gasteiger charge is 1.81. The molecule has 0 spiro atoms. The van der Waals surface area contributed by atoms with Gasteiger partial charge in [-0.25, -0.2) is 0 Å². The summed E-state index contributed by atoms with van der Waals surface area (Å²) in [6.45, 7) is 4.31. The molecule has 0 bridgehead atoms. The Morgan fingerprint density at radius 2 is 2.14 bits per heavy atom. The second-order valence-electron chi connectivity index (χ2n) is 1.88. The predicted octanol–water partition coefficient (Wildman–Crippen LogP) is 2.51. The third-order valence-corrected chi connectivity index (χ3v) is 1.16. The molecular formula is C6H13P. The van der Waals surface area contributed by atoms with Crippen LogP contribution in [0.2, 0.25) is 0 Å². The lowest BCUT2D eigenvalue weighted by Crippen LogP contribution is -1.82. The maximum absolute atomic E-state index is 3.44. The molecule has 0 heterocycles. The molecule has 0 radical (unpaired) electrons. The molecule has 0 amide bonds. The van der Waals surface area contributed by atoms with Crippen molar-refractivity contribution in [3.63, 3.8) is 0 Å². The van der Waals surface area contributed by atoms with Crippen molar-refractivity contribution in [1.82, 2.24) is 0 Å². The van der Waals surface area contributed by atoms with Gasteiger partial charge in [0.05, 0.1) is 0 Å². The molecule has 0 nitrogen and oxygen atoms in total. The van der Waals surface area contributed by atoms with Crippen LogP contribution >= 0.6 is 8.86 Å². The average molecular weight is 116 g/mol. The van der Waals surface area contributed by atoms with Crippen LogP contribution in [-0.4, -0.2) is 5.29 Å². The zero-order valence-electron chi connectivity index (χ0n) is 5.12. The molecule has 0 atom stereocenters. The van der Waals surface area contributed by atoms with E-state index in [1.807, 2.05) is 0 Å². The van der Waals surface area contributed by atoms with Gasteiger partial charge in [0.1, 0.15) is 0 Å². The van der Waals surface area contributed by atoms with Crippen molar-refractivity contribution in [2.24, 2.45) is 0 Å². The highest BCUT2D eigenvalue weighted by Crippen LogP contribution is 1.96. The van der Waals surface area contributed by atoms with Crippen LogP contribution < -0.4 is 0 Å². The van der Waals surface area contributed by atoms with Gasteiger partial charge in [-0.15, -0.1) is 8.86 Å². The van der Waals surface area contributed by atoms with E-state index in [1.165, 1.54) is 24.6 Å². The highest BCUT2D eigenvalue weighted by atomic mass is 31.0. The standard InChI is InChI=1S/C6H13P/c1-3-4-5-6(2)7/h7H,3-5H2,1-2H3. The van der Waals surface area contributed by atoms with Gasteiger partial charge in [0.15, 0.2) is 0 Å². The average Bonchev–Trinajstić information content (AvgIpc) is 1.61. The molecule has 42 valence electrons. The molecule has 0 fully saturated rings. The molecule has 0 aliphatic rings. The molecule has 0 aliphatic carbocycles. The zero-order valence-corrected chi connectivity index (χ0v) is 6.12. The maximum Gasteiger partial charge on any atom is -0.0282 e. The Morgan fingerprint density at radius 1 is 1.57 bits per heavy atom. The summed E-state index contributed by atoms with van der Waals surface area (Å²) in [5.41, 5.74) is 0. The van der Waals surface area contributed by atoms with E-state index in [1.54, 1.807) is 0 Å². The predicted molar refractivity (Wildman–Crippen MR) is 38.5 cm³/mol. The second kappa shape index (κ2) is 4.33. The van der Waals surface area contributed by atoms with E-state index in [-0.39, 0.29) is 0 Å². The molecule has 1 heteroatoms. The SMILES string of the molecule is CCCCC(C)=P. The van der Waals surface area contributed by atoms with E-state index in [0.717, 1.165) is 0 Å². The van der Waals surface area contributed by atoms with Gasteiger partial charge < -0.3 is 0 Å². The molecule has 0 saturated heterocycles. The first-order valence-corrected chi connectivity index (χ1v) is 3.31. The fourth-order valence-corrected chi connectivity index (χ4v) is 0.619. The summed E-state index contributed by atoms with van der Waals surface area (Å²) in [5, 5.41) is 1.36. The van der Waals surface area contributed by atoms with Crippen LogP contribution in [0.15, 0.2) is 0 Å². The lowest BCUT2D eigenvalue weighted by Gasteiger charge is -1.91. The summed E-state index contributed by atoms with van der Waals surface area (Å²) in [7, 11) is 3.44. The topological polar surface area (TPSA) is 0 Å². The summed E-state index contributed by atoms with van der Waals surface area (Å²) in [6.07, 6.45) is 3.84. The second-order valence-corrected chi connectivity index (χ2v) is 2.74. The Labute approximate surface area is 48.2 Å². The van der Waals surface area contributed by atoms with E-state index >= 15 is 0 Å². The van der Waals surface area contributed by atoms with E-state index in [2.05, 4.69) is 22.7 Å². The smallest absolute Gasteiger partial charge is 0.0282 e. The normalized spacial score (nSPS) is 8.86. The third kappa shape index (κ3) is 6.17. The molecule has 0 unspecified atom stereocenters. The molecule has 0 aromatic rings. The monoisotopic (exact) mass is 116 g/mol. The van der Waals surface area contributed by atoms with Crippen molar-refractivity contribution < 1.29 is 0 Å². The first-order chi connectivity index (χ1) is 3.27. The van der Waals surface area contributed by atoms with Crippen LogP contribution in [0.1, 0.15) is 33.1 Å². The lowest BCUT2D eigenvalue weighted by atomic mass is 10.2. The van der Waals surface area contributed by atoms with Gasteiger partial charge in [-0.3, -0.25) is 0 Å². The first-order valence-electron chi connectivity index (χ1n) is 2.81. The summed E-state index contributed by atoms with van der Waals surface area (Å²) < 4.78 is 0. The van der Waals surface area contributed by atoms with Crippen molar-refractivity contribution in [3.8, 4) is 0 Å². The van der Waals surface area contributed by atoms with Gasteiger partial charge in [0.25, 0.3) is 0 Å². The van der Waals surface area contributed by atoms with E-state index in [9.17, 15) is 0 Å². The minimum Gasteiger partial charge on any atom is -0.123 e.